The molecule has 0 unspecified atom stereocenters. The number of anilines is 1. The largest absolute Gasteiger partial charge is 0.494 e. The summed E-state index contributed by atoms with van der Waals surface area (Å²) in [7, 11) is 0. The molecule has 0 fully saturated rings. The average molecular weight is 355 g/mol. The quantitative estimate of drug-likeness (QED) is 0.767. The predicted molar refractivity (Wildman–Crippen MR) is 101 cm³/mol. The van der Waals surface area contributed by atoms with E-state index < -0.39 is 12.1 Å². The third kappa shape index (κ3) is 5.62. The van der Waals surface area contributed by atoms with Crippen molar-refractivity contribution in [2.45, 2.75) is 40.2 Å². The van der Waals surface area contributed by atoms with Crippen molar-refractivity contribution >= 4 is 17.6 Å². The summed E-state index contributed by atoms with van der Waals surface area (Å²) in [6.45, 7) is 8.06. The van der Waals surface area contributed by atoms with Crippen molar-refractivity contribution in [2.24, 2.45) is 0 Å². The van der Waals surface area contributed by atoms with Gasteiger partial charge in [-0.2, -0.15) is 0 Å². The molecule has 0 saturated heterocycles. The van der Waals surface area contributed by atoms with Gasteiger partial charge in [0.25, 0.3) is 5.91 Å². The van der Waals surface area contributed by atoms with Gasteiger partial charge in [0.2, 0.25) is 0 Å². The summed E-state index contributed by atoms with van der Waals surface area (Å²) < 4.78 is 10.6. The van der Waals surface area contributed by atoms with Crippen LogP contribution in [0.2, 0.25) is 0 Å². The summed E-state index contributed by atoms with van der Waals surface area (Å²) >= 11 is 0. The Morgan fingerprint density at radius 3 is 2.35 bits per heavy atom. The lowest BCUT2D eigenvalue weighted by Crippen LogP contribution is -2.30. The summed E-state index contributed by atoms with van der Waals surface area (Å²) in [6, 6.07) is 12.9. The normalized spacial score (nSPS) is 11.5. The number of carbonyl (C=O) groups excluding carboxylic acids is 2. The maximum Gasteiger partial charge on any atom is 0.311 e. The average Bonchev–Trinajstić information content (AvgIpc) is 2.60. The lowest BCUT2D eigenvalue weighted by atomic mass is 10.0. The maximum atomic E-state index is 12.2. The highest BCUT2D eigenvalue weighted by Gasteiger charge is 2.18. The van der Waals surface area contributed by atoms with Gasteiger partial charge < -0.3 is 14.8 Å². The number of benzene rings is 2. The Morgan fingerprint density at radius 2 is 1.73 bits per heavy atom. The number of esters is 1. The van der Waals surface area contributed by atoms with Crippen LogP contribution in [0.25, 0.3) is 0 Å². The van der Waals surface area contributed by atoms with Crippen molar-refractivity contribution in [2.75, 3.05) is 11.9 Å². The Labute approximate surface area is 154 Å². The van der Waals surface area contributed by atoms with E-state index in [1.807, 2.05) is 39.0 Å². The molecule has 2 rings (SSSR count). The molecule has 5 nitrogen and oxygen atoms in total. The monoisotopic (exact) mass is 355 g/mol. The van der Waals surface area contributed by atoms with Crippen molar-refractivity contribution < 1.29 is 19.1 Å². The lowest BCUT2D eigenvalue weighted by Gasteiger charge is -2.14. The number of rotatable bonds is 7. The van der Waals surface area contributed by atoms with Crippen LogP contribution in [0, 0.1) is 13.8 Å². The van der Waals surface area contributed by atoms with Crippen molar-refractivity contribution in [3.05, 3.63) is 59.2 Å². The second kappa shape index (κ2) is 9.04. The van der Waals surface area contributed by atoms with E-state index in [1.165, 1.54) is 5.56 Å². The number of carbonyl (C=O) groups is 2. The first-order valence-corrected chi connectivity index (χ1v) is 8.68. The molecule has 0 spiro atoms. The van der Waals surface area contributed by atoms with Gasteiger partial charge in [0.05, 0.1) is 13.0 Å². The fourth-order valence-corrected chi connectivity index (χ4v) is 2.42. The van der Waals surface area contributed by atoms with E-state index in [9.17, 15) is 9.59 Å². The van der Waals surface area contributed by atoms with E-state index in [0.29, 0.717) is 12.3 Å². The molecule has 1 atom stereocenters. The molecule has 0 aliphatic rings. The minimum absolute atomic E-state index is 0.141. The van der Waals surface area contributed by atoms with Crippen LogP contribution in [-0.2, 0) is 20.7 Å². The Kier molecular flexibility index (Phi) is 6.78. The molecule has 0 saturated carbocycles. The zero-order valence-corrected chi connectivity index (χ0v) is 15.7. The molecule has 0 radical (unpaired) electrons. The highest BCUT2D eigenvalue weighted by atomic mass is 16.5. The zero-order chi connectivity index (χ0) is 19.1. The summed E-state index contributed by atoms with van der Waals surface area (Å²) in [6.07, 6.45) is -0.734. The highest BCUT2D eigenvalue weighted by Crippen LogP contribution is 2.16. The molecule has 1 N–H and O–H groups in total. The minimum Gasteiger partial charge on any atom is -0.494 e. The Hall–Kier alpha value is -2.82. The van der Waals surface area contributed by atoms with E-state index >= 15 is 0 Å². The zero-order valence-electron chi connectivity index (χ0n) is 15.7. The van der Waals surface area contributed by atoms with Gasteiger partial charge in [0.1, 0.15) is 5.75 Å². The van der Waals surface area contributed by atoms with Crippen LogP contribution in [-0.4, -0.2) is 24.6 Å². The smallest absolute Gasteiger partial charge is 0.311 e. The Morgan fingerprint density at radius 1 is 1.04 bits per heavy atom. The van der Waals surface area contributed by atoms with E-state index in [2.05, 4.69) is 5.32 Å². The molecule has 26 heavy (non-hydrogen) atoms. The second-order valence-corrected chi connectivity index (χ2v) is 6.17. The molecule has 2 aromatic carbocycles. The van der Waals surface area contributed by atoms with E-state index in [1.54, 1.807) is 31.2 Å². The van der Waals surface area contributed by atoms with Crippen molar-refractivity contribution in [1.29, 1.82) is 0 Å². The van der Waals surface area contributed by atoms with Crippen LogP contribution >= 0.6 is 0 Å². The third-order valence-corrected chi connectivity index (χ3v) is 4.03. The van der Waals surface area contributed by atoms with Gasteiger partial charge in [-0.1, -0.05) is 18.2 Å². The van der Waals surface area contributed by atoms with Gasteiger partial charge >= 0.3 is 5.97 Å². The first kappa shape index (κ1) is 19.5. The molecule has 0 aliphatic heterocycles. The van der Waals surface area contributed by atoms with E-state index in [0.717, 1.165) is 16.9 Å². The van der Waals surface area contributed by atoms with Gasteiger partial charge in [0, 0.05) is 5.69 Å². The number of hydrogen-bond acceptors (Lipinski definition) is 4. The fourth-order valence-electron chi connectivity index (χ4n) is 2.42. The van der Waals surface area contributed by atoms with Crippen LogP contribution in [0.3, 0.4) is 0 Å². The molecule has 0 heterocycles. The van der Waals surface area contributed by atoms with Gasteiger partial charge in [0.15, 0.2) is 6.10 Å². The first-order chi connectivity index (χ1) is 12.4. The number of hydrogen-bond donors (Lipinski definition) is 1. The first-order valence-electron chi connectivity index (χ1n) is 8.68. The number of amides is 1. The topological polar surface area (TPSA) is 64.6 Å². The molecule has 5 heteroatoms. The fraction of sp³-hybridized carbons (Fsp3) is 0.333. The van der Waals surface area contributed by atoms with Crippen LogP contribution in [0.15, 0.2) is 42.5 Å². The molecular formula is C21H25NO4. The van der Waals surface area contributed by atoms with Crippen LogP contribution in [0.1, 0.15) is 30.5 Å². The highest BCUT2D eigenvalue weighted by molar-refractivity contribution is 5.95. The van der Waals surface area contributed by atoms with Crippen LogP contribution in [0.4, 0.5) is 5.69 Å². The van der Waals surface area contributed by atoms with Crippen LogP contribution < -0.4 is 10.1 Å². The molecule has 0 aliphatic carbocycles. The standard InChI is InChI=1S/C21H25NO4/c1-5-25-19-10-8-18(9-11-19)22-21(24)16(4)26-20(23)13-17-7-6-14(2)15(3)12-17/h6-12,16H,5,13H2,1-4H3,(H,22,24)/t16-/m1/s1. The molecule has 138 valence electrons. The van der Waals surface area contributed by atoms with Gasteiger partial charge in [-0.15, -0.1) is 0 Å². The number of ether oxygens (including phenoxy) is 2. The second-order valence-electron chi connectivity index (χ2n) is 6.17. The Bertz CT molecular complexity index is 768. The molecular weight excluding hydrogens is 330 g/mol. The number of nitrogens with one attached hydrogen (secondary N) is 1. The summed E-state index contributed by atoms with van der Waals surface area (Å²) in [5.74, 6) is -0.0661. The summed E-state index contributed by atoms with van der Waals surface area (Å²) in [4.78, 5) is 24.3. The lowest BCUT2D eigenvalue weighted by molar-refractivity contribution is -0.152. The van der Waals surface area contributed by atoms with Gasteiger partial charge in [-0.25, -0.2) is 0 Å². The van der Waals surface area contributed by atoms with Gasteiger partial charge in [-0.05, 0) is 68.7 Å². The summed E-state index contributed by atoms with van der Waals surface area (Å²) in [5.41, 5.74) is 3.79. The number of aryl methyl sites for hydroxylation is 2. The van der Waals surface area contributed by atoms with Crippen molar-refractivity contribution in [3.8, 4) is 5.75 Å². The molecule has 0 aromatic heterocycles. The molecule has 1 amide bonds. The van der Waals surface area contributed by atoms with E-state index in [4.69, 9.17) is 9.47 Å². The Balaban J connectivity index is 1.87. The van der Waals surface area contributed by atoms with Crippen molar-refractivity contribution in [1.82, 2.24) is 0 Å². The van der Waals surface area contributed by atoms with E-state index in [-0.39, 0.29) is 12.3 Å². The SMILES string of the molecule is CCOc1ccc(NC(=O)[C@@H](C)OC(=O)Cc2ccc(C)c(C)c2)cc1. The summed E-state index contributed by atoms with van der Waals surface area (Å²) in [5, 5.41) is 2.73. The van der Waals surface area contributed by atoms with Crippen LogP contribution in [0.5, 0.6) is 5.75 Å². The predicted octanol–water partition coefficient (Wildman–Crippen LogP) is 3.82. The van der Waals surface area contributed by atoms with Gasteiger partial charge in [-0.3, -0.25) is 9.59 Å². The molecule has 0 bridgehead atoms. The molecule has 2 aromatic rings. The third-order valence-electron chi connectivity index (χ3n) is 4.03. The minimum atomic E-state index is -0.874. The van der Waals surface area contributed by atoms with Crippen molar-refractivity contribution in [3.63, 3.8) is 0 Å². The maximum absolute atomic E-state index is 12.2.